The molecule has 1 aliphatic rings. The van der Waals surface area contributed by atoms with Gasteiger partial charge in [0.1, 0.15) is 5.69 Å². The summed E-state index contributed by atoms with van der Waals surface area (Å²) in [5.41, 5.74) is 1.60. The van der Waals surface area contributed by atoms with Crippen LogP contribution in [0.1, 0.15) is 0 Å². The maximum absolute atomic E-state index is 12.2. The van der Waals surface area contributed by atoms with Crippen molar-refractivity contribution in [1.29, 1.82) is 0 Å². The Balaban J connectivity index is 1.52. The first-order chi connectivity index (χ1) is 11.8. The normalized spacial score (nSPS) is 14.8. The highest BCUT2D eigenvalue weighted by Gasteiger charge is 2.18. The molecule has 2 amide bonds. The summed E-state index contributed by atoms with van der Waals surface area (Å²) in [6.45, 7) is 3.03. The number of anilines is 1. The number of pyridine rings is 1. The third kappa shape index (κ3) is 3.06. The van der Waals surface area contributed by atoms with Gasteiger partial charge in [0, 0.05) is 43.1 Å². The van der Waals surface area contributed by atoms with Gasteiger partial charge in [-0.05, 0) is 12.1 Å². The van der Waals surface area contributed by atoms with E-state index in [2.05, 4.69) is 25.0 Å². The lowest BCUT2D eigenvalue weighted by molar-refractivity contribution is 0.204. The Morgan fingerprint density at radius 3 is 2.83 bits per heavy atom. The van der Waals surface area contributed by atoms with Crippen LogP contribution in [-0.4, -0.2) is 51.5 Å². The molecule has 3 aromatic rings. The number of urea groups is 1. The summed E-state index contributed by atoms with van der Waals surface area (Å²) in [4.78, 5) is 22.9. The molecule has 3 heterocycles. The highest BCUT2D eigenvalue weighted by molar-refractivity contribution is 7.10. The van der Waals surface area contributed by atoms with Gasteiger partial charge in [0.15, 0.2) is 5.82 Å². The van der Waals surface area contributed by atoms with Crippen LogP contribution in [0.2, 0.25) is 0 Å². The van der Waals surface area contributed by atoms with E-state index in [9.17, 15) is 4.79 Å². The van der Waals surface area contributed by atoms with Gasteiger partial charge in [-0.3, -0.25) is 5.32 Å². The lowest BCUT2D eigenvalue weighted by Gasteiger charge is -2.26. The highest BCUT2D eigenvalue weighted by Crippen LogP contribution is 2.22. The van der Waals surface area contributed by atoms with E-state index in [0.717, 1.165) is 24.0 Å². The number of benzene rings is 1. The first-order valence-electron chi connectivity index (χ1n) is 7.76. The molecule has 122 valence electrons. The zero-order chi connectivity index (χ0) is 16.4. The lowest BCUT2D eigenvalue weighted by Crippen LogP contribution is -2.48. The molecule has 7 nitrogen and oxygen atoms in total. The molecule has 1 saturated heterocycles. The fourth-order valence-electron chi connectivity index (χ4n) is 2.61. The Morgan fingerprint density at radius 2 is 1.96 bits per heavy atom. The minimum Gasteiger partial charge on any atom is -0.322 e. The first kappa shape index (κ1) is 15.0. The average Bonchev–Trinajstić information content (AvgIpc) is 3.10. The van der Waals surface area contributed by atoms with E-state index >= 15 is 0 Å². The average molecular weight is 340 g/mol. The predicted octanol–water partition coefficient (Wildman–Crippen LogP) is 2.19. The Hall–Kier alpha value is -2.58. The number of hydrogen-bond acceptors (Lipinski definition) is 6. The van der Waals surface area contributed by atoms with Crippen molar-refractivity contribution < 1.29 is 4.79 Å². The van der Waals surface area contributed by atoms with E-state index in [0.29, 0.717) is 29.7 Å². The van der Waals surface area contributed by atoms with Gasteiger partial charge in [-0.25, -0.2) is 9.78 Å². The number of hydrogen-bond donors (Lipinski definition) is 2. The number of nitrogens with zero attached hydrogens (tertiary/aromatic N) is 4. The number of carbonyl (C=O) groups excluding carboxylic acids is 1. The Kier molecular flexibility index (Phi) is 4.06. The van der Waals surface area contributed by atoms with Crippen LogP contribution in [0.4, 0.5) is 9.93 Å². The minimum absolute atomic E-state index is 0.134. The lowest BCUT2D eigenvalue weighted by atomic mass is 10.2. The van der Waals surface area contributed by atoms with Crippen LogP contribution in [0.15, 0.2) is 36.4 Å². The smallest absolute Gasteiger partial charge is 0.322 e. The second kappa shape index (κ2) is 6.50. The van der Waals surface area contributed by atoms with E-state index in [1.807, 2.05) is 36.4 Å². The predicted molar refractivity (Wildman–Crippen MR) is 94.1 cm³/mol. The summed E-state index contributed by atoms with van der Waals surface area (Å²) in [5.74, 6) is 0.529. The Labute approximate surface area is 142 Å². The van der Waals surface area contributed by atoms with Crippen LogP contribution in [-0.2, 0) is 0 Å². The summed E-state index contributed by atoms with van der Waals surface area (Å²) < 4.78 is 4.31. The minimum atomic E-state index is -0.134. The Morgan fingerprint density at radius 1 is 1.12 bits per heavy atom. The molecular weight excluding hydrogens is 324 g/mol. The molecule has 0 bridgehead atoms. The molecule has 8 heteroatoms. The second-order valence-corrected chi connectivity index (χ2v) is 6.23. The molecule has 0 spiro atoms. The summed E-state index contributed by atoms with van der Waals surface area (Å²) in [6, 6.07) is 11.7. The SMILES string of the molecule is O=C(Nc1nc(-c2ccc3ccccc3n2)ns1)N1CCNCC1. The van der Waals surface area contributed by atoms with Crippen LogP contribution >= 0.6 is 11.5 Å². The van der Waals surface area contributed by atoms with Crippen LogP contribution in [0, 0.1) is 0 Å². The topological polar surface area (TPSA) is 83.0 Å². The quantitative estimate of drug-likeness (QED) is 0.747. The summed E-state index contributed by atoms with van der Waals surface area (Å²) >= 11 is 1.17. The number of para-hydroxylation sites is 1. The van der Waals surface area contributed by atoms with Gasteiger partial charge >= 0.3 is 6.03 Å². The number of amides is 2. The molecule has 0 unspecified atom stereocenters. The maximum Gasteiger partial charge on any atom is 0.323 e. The second-order valence-electron chi connectivity index (χ2n) is 5.48. The summed E-state index contributed by atoms with van der Waals surface area (Å²) in [7, 11) is 0. The van der Waals surface area contributed by atoms with Crippen molar-refractivity contribution in [3.63, 3.8) is 0 Å². The largest absolute Gasteiger partial charge is 0.323 e. The van der Waals surface area contributed by atoms with Crippen molar-refractivity contribution in [2.24, 2.45) is 0 Å². The first-order valence-corrected chi connectivity index (χ1v) is 8.53. The number of fused-ring (bicyclic) bond motifs is 1. The molecule has 1 fully saturated rings. The zero-order valence-electron chi connectivity index (χ0n) is 12.9. The summed E-state index contributed by atoms with van der Waals surface area (Å²) in [5, 5.41) is 7.60. The summed E-state index contributed by atoms with van der Waals surface area (Å²) in [6.07, 6.45) is 0. The van der Waals surface area contributed by atoms with Crippen LogP contribution in [0.5, 0.6) is 0 Å². The number of rotatable bonds is 2. The van der Waals surface area contributed by atoms with Crippen molar-refractivity contribution in [3.05, 3.63) is 36.4 Å². The molecule has 2 aromatic heterocycles. The molecular formula is C16H16N6OS. The standard InChI is InChI=1S/C16H16N6OS/c23-16(22-9-7-17-8-10-22)20-15-19-14(21-24-15)13-6-5-11-3-1-2-4-12(11)18-13/h1-6,17H,7-10H2,(H,19,20,21,23). The van der Waals surface area contributed by atoms with E-state index in [-0.39, 0.29) is 6.03 Å². The van der Waals surface area contributed by atoms with Gasteiger partial charge in [0.2, 0.25) is 5.13 Å². The molecule has 1 aromatic carbocycles. The number of piperazine rings is 1. The fraction of sp³-hybridized carbons (Fsp3) is 0.250. The molecule has 0 aliphatic carbocycles. The van der Waals surface area contributed by atoms with E-state index < -0.39 is 0 Å². The van der Waals surface area contributed by atoms with Crippen molar-refractivity contribution in [2.75, 3.05) is 31.5 Å². The molecule has 0 radical (unpaired) electrons. The zero-order valence-corrected chi connectivity index (χ0v) is 13.7. The molecule has 0 atom stereocenters. The number of aromatic nitrogens is 3. The van der Waals surface area contributed by atoms with Crippen molar-refractivity contribution >= 4 is 33.6 Å². The monoisotopic (exact) mass is 340 g/mol. The molecule has 4 rings (SSSR count). The fourth-order valence-corrected chi connectivity index (χ4v) is 3.17. The number of nitrogens with one attached hydrogen (secondary N) is 2. The van der Waals surface area contributed by atoms with Gasteiger partial charge in [-0.2, -0.15) is 9.36 Å². The van der Waals surface area contributed by atoms with Crippen molar-refractivity contribution in [1.82, 2.24) is 24.6 Å². The van der Waals surface area contributed by atoms with Gasteiger partial charge in [-0.1, -0.05) is 24.3 Å². The van der Waals surface area contributed by atoms with Crippen molar-refractivity contribution in [2.45, 2.75) is 0 Å². The molecule has 2 N–H and O–H groups in total. The van der Waals surface area contributed by atoms with Crippen LogP contribution < -0.4 is 10.6 Å². The van der Waals surface area contributed by atoms with E-state index in [4.69, 9.17) is 0 Å². The van der Waals surface area contributed by atoms with Gasteiger partial charge in [0.05, 0.1) is 5.52 Å². The van der Waals surface area contributed by atoms with Crippen molar-refractivity contribution in [3.8, 4) is 11.5 Å². The van der Waals surface area contributed by atoms with Gasteiger partial charge in [0.25, 0.3) is 0 Å². The molecule has 1 aliphatic heterocycles. The van der Waals surface area contributed by atoms with Gasteiger partial charge in [-0.15, -0.1) is 0 Å². The van der Waals surface area contributed by atoms with Crippen LogP contribution in [0.25, 0.3) is 22.4 Å². The third-order valence-electron chi connectivity index (χ3n) is 3.87. The number of carbonyl (C=O) groups is 1. The molecule has 0 saturated carbocycles. The van der Waals surface area contributed by atoms with Gasteiger partial charge < -0.3 is 10.2 Å². The van der Waals surface area contributed by atoms with Crippen LogP contribution in [0.3, 0.4) is 0 Å². The van der Waals surface area contributed by atoms with E-state index in [1.54, 1.807) is 4.90 Å². The third-order valence-corrected chi connectivity index (χ3v) is 4.50. The Bertz CT molecular complexity index is 874. The van der Waals surface area contributed by atoms with E-state index in [1.165, 1.54) is 11.5 Å². The highest BCUT2D eigenvalue weighted by atomic mass is 32.1. The maximum atomic E-state index is 12.2. The molecule has 24 heavy (non-hydrogen) atoms.